The lowest BCUT2D eigenvalue weighted by Gasteiger charge is -2.14. The molecule has 0 saturated carbocycles. The Morgan fingerprint density at radius 1 is 1.38 bits per heavy atom. The SMILES string of the molecule is CC(C)C(O)CNCCCCC#N. The van der Waals surface area contributed by atoms with E-state index in [-0.39, 0.29) is 6.10 Å². The van der Waals surface area contributed by atoms with E-state index in [4.69, 9.17) is 5.26 Å². The summed E-state index contributed by atoms with van der Waals surface area (Å²) >= 11 is 0. The zero-order valence-electron chi connectivity index (χ0n) is 8.58. The van der Waals surface area contributed by atoms with E-state index >= 15 is 0 Å². The van der Waals surface area contributed by atoms with E-state index in [1.807, 2.05) is 13.8 Å². The van der Waals surface area contributed by atoms with Crippen LogP contribution in [-0.2, 0) is 0 Å². The molecule has 0 aromatic heterocycles. The predicted molar refractivity (Wildman–Crippen MR) is 53.2 cm³/mol. The lowest BCUT2D eigenvalue weighted by molar-refractivity contribution is 0.124. The summed E-state index contributed by atoms with van der Waals surface area (Å²) in [5, 5.41) is 20.9. The maximum atomic E-state index is 9.41. The molecular weight excluding hydrogens is 164 g/mol. The molecule has 0 aliphatic rings. The van der Waals surface area contributed by atoms with Crippen LogP contribution in [0, 0.1) is 17.2 Å². The average molecular weight is 184 g/mol. The molecule has 0 heterocycles. The van der Waals surface area contributed by atoms with Gasteiger partial charge in [0.15, 0.2) is 0 Å². The van der Waals surface area contributed by atoms with Gasteiger partial charge in [-0.05, 0) is 25.3 Å². The van der Waals surface area contributed by atoms with Crippen LogP contribution in [0.1, 0.15) is 33.1 Å². The van der Waals surface area contributed by atoms with Crippen molar-refractivity contribution in [2.75, 3.05) is 13.1 Å². The fourth-order valence-electron chi connectivity index (χ4n) is 0.940. The monoisotopic (exact) mass is 184 g/mol. The van der Waals surface area contributed by atoms with Gasteiger partial charge in [0.05, 0.1) is 12.2 Å². The van der Waals surface area contributed by atoms with Gasteiger partial charge in [-0.2, -0.15) is 5.26 Å². The Kier molecular flexibility index (Phi) is 7.66. The standard InChI is InChI=1S/C10H20N2O/c1-9(2)10(13)8-12-7-5-3-4-6-11/h9-10,12-13H,3-5,7-8H2,1-2H3. The van der Waals surface area contributed by atoms with Gasteiger partial charge in [0, 0.05) is 13.0 Å². The maximum absolute atomic E-state index is 9.41. The smallest absolute Gasteiger partial charge is 0.0687 e. The van der Waals surface area contributed by atoms with Crippen LogP contribution in [0.4, 0.5) is 0 Å². The number of nitrogens with one attached hydrogen (secondary N) is 1. The molecule has 1 unspecified atom stereocenters. The highest BCUT2D eigenvalue weighted by molar-refractivity contribution is 4.69. The van der Waals surface area contributed by atoms with Crippen molar-refractivity contribution in [2.45, 2.75) is 39.2 Å². The highest BCUT2D eigenvalue weighted by Gasteiger charge is 2.06. The Labute approximate surface area is 80.8 Å². The third-order valence-electron chi connectivity index (χ3n) is 2.02. The number of aliphatic hydroxyl groups excluding tert-OH is 1. The molecule has 0 aromatic rings. The lowest BCUT2D eigenvalue weighted by Crippen LogP contribution is -2.31. The largest absolute Gasteiger partial charge is 0.392 e. The molecule has 13 heavy (non-hydrogen) atoms. The number of nitriles is 1. The van der Waals surface area contributed by atoms with Gasteiger partial charge in [-0.1, -0.05) is 13.8 Å². The summed E-state index contributed by atoms with van der Waals surface area (Å²) < 4.78 is 0. The van der Waals surface area contributed by atoms with E-state index in [0.29, 0.717) is 18.9 Å². The molecule has 0 aliphatic heterocycles. The number of aliphatic hydroxyl groups is 1. The van der Waals surface area contributed by atoms with Crippen LogP contribution in [0.3, 0.4) is 0 Å². The molecule has 3 nitrogen and oxygen atoms in total. The molecule has 0 rings (SSSR count). The van der Waals surface area contributed by atoms with Crippen LogP contribution in [0.5, 0.6) is 0 Å². The zero-order valence-corrected chi connectivity index (χ0v) is 8.58. The first-order chi connectivity index (χ1) is 6.18. The van der Waals surface area contributed by atoms with Crippen LogP contribution in [0.15, 0.2) is 0 Å². The third kappa shape index (κ3) is 7.76. The number of nitrogens with zero attached hydrogens (tertiary/aromatic N) is 1. The van der Waals surface area contributed by atoms with Crippen LogP contribution in [0.25, 0.3) is 0 Å². The minimum absolute atomic E-state index is 0.254. The Balaban J connectivity index is 3.12. The summed E-state index contributed by atoms with van der Waals surface area (Å²) in [5.41, 5.74) is 0. The van der Waals surface area contributed by atoms with Gasteiger partial charge in [0.1, 0.15) is 0 Å². The Hall–Kier alpha value is -0.590. The van der Waals surface area contributed by atoms with Crippen LogP contribution in [-0.4, -0.2) is 24.3 Å². The van der Waals surface area contributed by atoms with Crippen molar-refractivity contribution < 1.29 is 5.11 Å². The topological polar surface area (TPSA) is 56.0 Å². The summed E-state index contributed by atoms with van der Waals surface area (Å²) in [6, 6.07) is 2.11. The van der Waals surface area contributed by atoms with Gasteiger partial charge in [0.25, 0.3) is 0 Å². The Morgan fingerprint density at radius 3 is 2.62 bits per heavy atom. The Bertz CT molecular complexity index is 151. The number of hydrogen-bond acceptors (Lipinski definition) is 3. The molecule has 1 atom stereocenters. The fraction of sp³-hybridized carbons (Fsp3) is 0.900. The molecule has 2 N–H and O–H groups in total. The van der Waals surface area contributed by atoms with Crippen molar-refractivity contribution in [2.24, 2.45) is 5.92 Å². The fourth-order valence-corrected chi connectivity index (χ4v) is 0.940. The molecule has 76 valence electrons. The van der Waals surface area contributed by atoms with Crippen molar-refractivity contribution in [3.05, 3.63) is 0 Å². The quantitative estimate of drug-likeness (QED) is 0.586. The number of unbranched alkanes of at least 4 members (excludes halogenated alkanes) is 2. The highest BCUT2D eigenvalue weighted by Crippen LogP contribution is 1.99. The van der Waals surface area contributed by atoms with Crippen molar-refractivity contribution in [1.29, 1.82) is 5.26 Å². The minimum atomic E-state index is -0.254. The minimum Gasteiger partial charge on any atom is -0.392 e. The van der Waals surface area contributed by atoms with Gasteiger partial charge in [-0.15, -0.1) is 0 Å². The predicted octanol–water partition coefficient (Wildman–Crippen LogP) is 1.29. The summed E-state index contributed by atoms with van der Waals surface area (Å²) in [6.07, 6.45) is 2.34. The van der Waals surface area contributed by atoms with Crippen LogP contribution >= 0.6 is 0 Å². The molecule has 0 aromatic carbocycles. The van der Waals surface area contributed by atoms with Gasteiger partial charge in [-0.25, -0.2) is 0 Å². The van der Waals surface area contributed by atoms with Gasteiger partial charge in [-0.3, -0.25) is 0 Å². The first-order valence-corrected chi connectivity index (χ1v) is 4.94. The van der Waals surface area contributed by atoms with E-state index in [1.54, 1.807) is 0 Å². The Morgan fingerprint density at radius 2 is 2.08 bits per heavy atom. The highest BCUT2D eigenvalue weighted by atomic mass is 16.3. The first-order valence-electron chi connectivity index (χ1n) is 4.94. The molecule has 3 heteroatoms. The van der Waals surface area contributed by atoms with Gasteiger partial charge < -0.3 is 10.4 Å². The normalized spacial score (nSPS) is 12.8. The van der Waals surface area contributed by atoms with E-state index in [2.05, 4.69) is 11.4 Å². The molecule has 0 aliphatic carbocycles. The molecule has 0 saturated heterocycles. The third-order valence-corrected chi connectivity index (χ3v) is 2.02. The number of hydrogen-bond donors (Lipinski definition) is 2. The molecule has 0 amide bonds. The maximum Gasteiger partial charge on any atom is 0.0687 e. The van der Waals surface area contributed by atoms with Crippen molar-refractivity contribution in [3.8, 4) is 6.07 Å². The first kappa shape index (κ1) is 12.4. The average Bonchev–Trinajstić information content (AvgIpc) is 2.10. The number of rotatable bonds is 7. The van der Waals surface area contributed by atoms with Gasteiger partial charge >= 0.3 is 0 Å². The van der Waals surface area contributed by atoms with E-state index < -0.39 is 0 Å². The van der Waals surface area contributed by atoms with Crippen LogP contribution < -0.4 is 5.32 Å². The zero-order chi connectivity index (χ0) is 10.1. The van der Waals surface area contributed by atoms with Crippen molar-refractivity contribution in [1.82, 2.24) is 5.32 Å². The molecule has 0 spiro atoms. The van der Waals surface area contributed by atoms with Crippen molar-refractivity contribution in [3.63, 3.8) is 0 Å². The molecule has 0 bridgehead atoms. The van der Waals surface area contributed by atoms with Crippen molar-refractivity contribution >= 4 is 0 Å². The molecular formula is C10H20N2O. The molecule has 0 fully saturated rings. The van der Waals surface area contributed by atoms with Gasteiger partial charge in [0.2, 0.25) is 0 Å². The second-order valence-electron chi connectivity index (χ2n) is 3.63. The molecule has 0 radical (unpaired) electrons. The van der Waals surface area contributed by atoms with Crippen LogP contribution in [0.2, 0.25) is 0 Å². The summed E-state index contributed by atoms with van der Waals surface area (Å²) in [4.78, 5) is 0. The summed E-state index contributed by atoms with van der Waals surface area (Å²) in [5.74, 6) is 0.312. The second kappa shape index (κ2) is 8.03. The summed E-state index contributed by atoms with van der Waals surface area (Å²) in [7, 11) is 0. The van der Waals surface area contributed by atoms with E-state index in [9.17, 15) is 5.11 Å². The second-order valence-corrected chi connectivity index (χ2v) is 3.63. The summed E-state index contributed by atoms with van der Waals surface area (Å²) in [6.45, 7) is 5.56. The van der Waals surface area contributed by atoms with E-state index in [0.717, 1.165) is 19.4 Å². The van der Waals surface area contributed by atoms with E-state index in [1.165, 1.54) is 0 Å². The lowest BCUT2D eigenvalue weighted by atomic mass is 10.1.